The van der Waals surface area contributed by atoms with Crippen LogP contribution < -0.4 is 56.5 Å². The van der Waals surface area contributed by atoms with Gasteiger partial charge in [0, 0.05) is 0 Å². The Balaban J connectivity index is 0.000000660. The van der Waals surface area contributed by atoms with E-state index < -0.39 is 27.5 Å². The summed E-state index contributed by atoms with van der Waals surface area (Å²) < 4.78 is 21.9. The van der Waals surface area contributed by atoms with Crippen LogP contribution in [-0.2, 0) is 23.2 Å². The molecule has 2 saturated heterocycles. The van der Waals surface area contributed by atoms with Crippen molar-refractivity contribution in [2.24, 2.45) is 0 Å². The maximum Gasteiger partial charge on any atom is 1.00 e. The average Bonchev–Trinajstić information content (AvgIpc) is 2.53. The third-order valence-corrected chi connectivity index (χ3v) is 2.28. The molecule has 18 heavy (non-hydrogen) atoms. The van der Waals surface area contributed by atoms with Crippen molar-refractivity contribution in [1.82, 2.24) is 4.90 Å². The molecule has 2 heterocycles. The Morgan fingerprint density at radius 2 is 2.17 bits per heavy atom. The zero-order chi connectivity index (χ0) is 13.0. The van der Waals surface area contributed by atoms with E-state index in [1.54, 1.807) is 0 Å². The van der Waals surface area contributed by atoms with Crippen molar-refractivity contribution in [3.63, 3.8) is 0 Å². The molecule has 1 N–H and O–H groups in total. The summed E-state index contributed by atoms with van der Waals surface area (Å²) in [5.74, 6) is -1.57. The molecule has 2 rings (SSSR count). The van der Waals surface area contributed by atoms with E-state index in [1.807, 2.05) is 0 Å². The number of aliphatic carboxylic acids is 1. The molecule has 0 saturated carbocycles. The van der Waals surface area contributed by atoms with Gasteiger partial charge in [-0.15, -0.1) is 0 Å². The molecule has 10 heteroatoms. The first-order valence-corrected chi connectivity index (χ1v) is 5.37. The molecule has 2 fully saturated rings. The van der Waals surface area contributed by atoms with Crippen LogP contribution in [0.15, 0.2) is 11.8 Å². The molecule has 92 valence electrons. The van der Waals surface area contributed by atoms with Gasteiger partial charge in [-0.3, -0.25) is 18.6 Å². The summed E-state index contributed by atoms with van der Waals surface area (Å²) in [5.41, 5.74) is 0. The van der Waals surface area contributed by atoms with Gasteiger partial charge in [0.15, 0.2) is 6.23 Å². The van der Waals surface area contributed by atoms with Crippen LogP contribution in [0.2, 0.25) is 0 Å². The van der Waals surface area contributed by atoms with Crippen LogP contribution in [0.4, 0.5) is 0 Å². The zero-order valence-electron chi connectivity index (χ0n) is 9.49. The molecule has 0 aromatic rings. The molecule has 0 bridgehead atoms. The molecule has 0 spiro atoms. The van der Waals surface area contributed by atoms with Crippen molar-refractivity contribution in [3.8, 4) is 0 Å². The molecule has 0 aromatic carbocycles. The largest absolute Gasteiger partial charge is 1.00 e. The number of nitrogens with zero attached hydrogens (tertiary/aromatic N) is 1. The SMILES string of the molecule is O=C([O-])[C@H]1/C(=C/CO)O[C@@H]2CC(=O)N21.O=[Si]=O.[K+]. The maximum atomic E-state index is 11.0. The van der Waals surface area contributed by atoms with E-state index in [4.69, 9.17) is 18.8 Å². The topological polar surface area (TPSA) is 124 Å². The van der Waals surface area contributed by atoms with Crippen molar-refractivity contribution in [1.29, 1.82) is 0 Å². The Bertz CT molecular complexity index is 406. The summed E-state index contributed by atoms with van der Waals surface area (Å²) in [5, 5.41) is 19.3. The van der Waals surface area contributed by atoms with E-state index in [1.165, 1.54) is 6.08 Å². The van der Waals surface area contributed by atoms with Gasteiger partial charge in [0.2, 0.25) is 5.91 Å². The Kier molecular flexibility index (Phi) is 8.09. The quantitative estimate of drug-likeness (QED) is 0.397. The van der Waals surface area contributed by atoms with E-state index >= 15 is 0 Å². The van der Waals surface area contributed by atoms with Gasteiger partial charge in [-0.25, -0.2) is 0 Å². The summed E-state index contributed by atoms with van der Waals surface area (Å²) in [4.78, 5) is 22.9. The fraction of sp³-hybridized carbons (Fsp3) is 0.500. The zero-order valence-corrected chi connectivity index (χ0v) is 13.6. The van der Waals surface area contributed by atoms with Crippen LogP contribution in [0, 0.1) is 0 Å². The Labute approximate surface area is 146 Å². The predicted molar refractivity (Wildman–Crippen MR) is 47.4 cm³/mol. The number of amides is 1. The van der Waals surface area contributed by atoms with Crippen LogP contribution in [0.3, 0.4) is 0 Å². The second-order valence-corrected chi connectivity index (χ2v) is 3.34. The van der Waals surface area contributed by atoms with Gasteiger partial charge in [-0.1, -0.05) is 0 Å². The number of rotatable bonds is 2. The van der Waals surface area contributed by atoms with Crippen LogP contribution in [0.25, 0.3) is 0 Å². The summed E-state index contributed by atoms with van der Waals surface area (Å²) >= 11 is 0. The first-order valence-electron chi connectivity index (χ1n) is 4.55. The third kappa shape index (κ3) is 3.69. The van der Waals surface area contributed by atoms with Crippen LogP contribution in [0.5, 0.6) is 0 Å². The van der Waals surface area contributed by atoms with Crippen LogP contribution in [0.1, 0.15) is 6.42 Å². The second-order valence-electron chi connectivity index (χ2n) is 3.17. The summed E-state index contributed by atoms with van der Waals surface area (Å²) in [7, 11) is -1.42. The fourth-order valence-corrected chi connectivity index (χ4v) is 1.65. The second kappa shape index (κ2) is 8.14. The van der Waals surface area contributed by atoms with Crippen molar-refractivity contribution in [2.45, 2.75) is 18.7 Å². The number of ether oxygens (including phenoxy) is 1. The number of β-lactam (4-membered cyclic amide) rings is 1. The fourth-order valence-electron chi connectivity index (χ4n) is 1.65. The van der Waals surface area contributed by atoms with Gasteiger partial charge in [-0.05, 0) is 6.08 Å². The van der Waals surface area contributed by atoms with Crippen molar-refractivity contribution < 1.29 is 84.8 Å². The van der Waals surface area contributed by atoms with Gasteiger partial charge in [0.25, 0.3) is 0 Å². The molecular formula is C8H8KNO7Si. The molecule has 2 aliphatic rings. The minimum absolute atomic E-state index is 0. The van der Waals surface area contributed by atoms with Crippen LogP contribution in [-0.4, -0.2) is 50.1 Å². The van der Waals surface area contributed by atoms with E-state index in [0.29, 0.717) is 0 Å². The van der Waals surface area contributed by atoms with Gasteiger partial charge >= 0.3 is 60.7 Å². The number of hydrogen-bond acceptors (Lipinski definition) is 7. The van der Waals surface area contributed by atoms with E-state index in [0.717, 1.165) is 4.90 Å². The number of aliphatic hydroxyl groups is 1. The van der Waals surface area contributed by atoms with Gasteiger partial charge in [0.1, 0.15) is 11.8 Å². The van der Waals surface area contributed by atoms with E-state index in [9.17, 15) is 14.7 Å². The van der Waals surface area contributed by atoms with Crippen molar-refractivity contribution in [3.05, 3.63) is 11.8 Å². The molecule has 0 radical (unpaired) electrons. The smallest absolute Gasteiger partial charge is 0.547 e. The number of carbonyl (C=O) groups is 2. The first-order chi connectivity index (χ1) is 8.06. The summed E-state index contributed by atoms with van der Waals surface area (Å²) in [6, 6.07) is -1.17. The van der Waals surface area contributed by atoms with Crippen molar-refractivity contribution >= 4 is 21.2 Å². The monoisotopic (exact) mass is 297 g/mol. The molecule has 8 nitrogen and oxygen atoms in total. The normalized spacial score (nSPS) is 25.7. The van der Waals surface area contributed by atoms with Crippen LogP contribution >= 0.6 is 0 Å². The predicted octanol–water partition coefficient (Wildman–Crippen LogP) is -6.04. The number of hydrogen-bond donors (Lipinski definition) is 1. The molecule has 0 unspecified atom stereocenters. The summed E-state index contributed by atoms with van der Waals surface area (Å²) in [6.07, 6.45) is 0.918. The molecular weight excluding hydrogens is 289 g/mol. The number of aliphatic hydroxyl groups excluding tert-OH is 1. The third-order valence-electron chi connectivity index (χ3n) is 2.28. The molecule has 1 amide bonds. The molecule has 2 aliphatic heterocycles. The Hall–Kier alpha value is -0.107. The number of fused-ring (bicyclic) bond motifs is 1. The molecule has 0 aliphatic carbocycles. The minimum atomic E-state index is -1.42. The number of carboxylic acid groups (broad SMARTS) is 1. The summed E-state index contributed by atoms with van der Waals surface area (Å²) in [6.45, 7) is -0.326. The average molecular weight is 297 g/mol. The van der Waals surface area contributed by atoms with Gasteiger partial charge < -0.3 is 19.7 Å². The Morgan fingerprint density at radius 1 is 1.61 bits per heavy atom. The van der Waals surface area contributed by atoms with E-state index in [2.05, 4.69) is 0 Å². The minimum Gasteiger partial charge on any atom is -0.547 e. The Morgan fingerprint density at radius 3 is 2.56 bits per heavy atom. The van der Waals surface area contributed by atoms with Gasteiger partial charge in [0.05, 0.1) is 19.0 Å². The van der Waals surface area contributed by atoms with Gasteiger partial charge in [-0.2, -0.15) is 0 Å². The molecule has 0 aromatic heterocycles. The first kappa shape index (κ1) is 17.9. The van der Waals surface area contributed by atoms with E-state index in [-0.39, 0.29) is 76.1 Å². The number of carbonyl (C=O) groups excluding carboxylic acids is 2. The molecule has 2 atom stereocenters. The number of carboxylic acids is 1. The standard InChI is InChI=1S/C8H9NO5.K.O2Si/c10-2-1-4-7(8(12)13)9-5(11)3-6(9)14-4;;1-3-2/h1,6-7,10H,2-3H2,(H,12,13);;/q;+1;/p-1/b4-1-;;/t6-,7-;;/m1../s1. The maximum absolute atomic E-state index is 11.0. The van der Waals surface area contributed by atoms with Crippen molar-refractivity contribution in [2.75, 3.05) is 6.61 Å².